The predicted molar refractivity (Wildman–Crippen MR) is 107 cm³/mol. The van der Waals surface area contributed by atoms with Gasteiger partial charge >= 0.3 is 0 Å². The van der Waals surface area contributed by atoms with Crippen LogP contribution in [-0.4, -0.2) is 29.5 Å². The molecule has 0 saturated heterocycles. The molecule has 1 N–H and O–H groups in total. The Morgan fingerprint density at radius 3 is 2.48 bits per heavy atom. The summed E-state index contributed by atoms with van der Waals surface area (Å²) in [6.07, 6.45) is 0. The molecule has 0 aliphatic carbocycles. The van der Waals surface area contributed by atoms with Gasteiger partial charge in [0.05, 0.1) is 12.8 Å². The maximum absolute atomic E-state index is 12.8. The van der Waals surface area contributed by atoms with Gasteiger partial charge in [-0.05, 0) is 44.2 Å². The van der Waals surface area contributed by atoms with Crippen molar-refractivity contribution in [1.29, 1.82) is 0 Å². The van der Waals surface area contributed by atoms with E-state index in [0.717, 1.165) is 11.4 Å². The third-order valence-corrected chi connectivity index (χ3v) is 4.06. The molecule has 0 radical (unpaired) electrons. The molecule has 0 aliphatic heterocycles. The van der Waals surface area contributed by atoms with E-state index in [-0.39, 0.29) is 5.91 Å². The maximum atomic E-state index is 12.8. The lowest BCUT2D eigenvalue weighted by Gasteiger charge is -2.21. The van der Waals surface area contributed by atoms with Crippen LogP contribution in [0.1, 0.15) is 23.1 Å². The molecule has 0 spiro atoms. The average Bonchev–Trinajstić information content (AvgIpc) is 2.69. The fourth-order valence-electron chi connectivity index (χ4n) is 2.77. The smallest absolute Gasteiger partial charge is 0.274 e. The summed E-state index contributed by atoms with van der Waals surface area (Å²) < 4.78 is 5.29. The van der Waals surface area contributed by atoms with Crippen molar-refractivity contribution in [1.82, 2.24) is 9.97 Å². The quantitative estimate of drug-likeness (QED) is 0.712. The van der Waals surface area contributed by atoms with Crippen LogP contribution in [0.2, 0.25) is 0 Å². The van der Waals surface area contributed by atoms with Gasteiger partial charge in [-0.2, -0.15) is 0 Å². The molecule has 0 saturated carbocycles. The molecular formula is C21H22N4O2. The number of rotatable bonds is 6. The number of hydrogen-bond acceptors (Lipinski definition) is 5. The van der Waals surface area contributed by atoms with Crippen molar-refractivity contribution in [2.24, 2.45) is 0 Å². The van der Waals surface area contributed by atoms with Gasteiger partial charge in [-0.15, -0.1) is 0 Å². The summed E-state index contributed by atoms with van der Waals surface area (Å²) in [6.45, 7) is 4.55. The second-order valence-electron chi connectivity index (χ2n) is 5.93. The van der Waals surface area contributed by atoms with E-state index in [1.54, 1.807) is 25.3 Å². The molecule has 0 atom stereocenters. The van der Waals surface area contributed by atoms with E-state index in [1.807, 2.05) is 61.2 Å². The number of anilines is 3. The fraction of sp³-hybridized carbons (Fsp3) is 0.190. The average molecular weight is 362 g/mol. The number of benzene rings is 2. The lowest BCUT2D eigenvalue weighted by molar-refractivity contribution is 0.102. The number of aromatic nitrogens is 2. The van der Waals surface area contributed by atoms with Gasteiger partial charge in [-0.25, -0.2) is 9.97 Å². The minimum absolute atomic E-state index is 0.304. The minimum Gasteiger partial charge on any atom is -0.495 e. The second-order valence-corrected chi connectivity index (χ2v) is 5.93. The zero-order valence-corrected chi connectivity index (χ0v) is 15.6. The van der Waals surface area contributed by atoms with Crippen LogP contribution in [0.4, 0.5) is 17.3 Å². The van der Waals surface area contributed by atoms with E-state index in [9.17, 15) is 4.79 Å². The number of ether oxygens (including phenoxy) is 1. The van der Waals surface area contributed by atoms with Gasteiger partial charge in [0.25, 0.3) is 5.91 Å². The van der Waals surface area contributed by atoms with Crippen LogP contribution in [0.25, 0.3) is 0 Å². The molecule has 1 heterocycles. The third-order valence-electron chi connectivity index (χ3n) is 4.06. The third kappa shape index (κ3) is 4.23. The first kappa shape index (κ1) is 18.4. The number of carbonyl (C=O) groups excluding carboxylic acids is 1. The molecule has 0 aliphatic rings. The van der Waals surface area contributed by atoms with Crippen LogP contribution in [-0.2, 0) is 0 Å². The summed E-state index contributed by atoms with van der Waals surface area (Å²) in [6, 6.07) is 18.8. The van der Waals surface area contributed by atoms with Crippen LogP contribution in [0.15, 0.2) is 60.7 Å². The Morgan fingerprint density at radius 2 is 1.78 bits per heavy atom. The first-order valence-electron chi connectivity index (χ1n) is 8.75. The summed E-state index contributed by atoms with van der Waals surface area (Å²) in [5.41, 5.74) is 2.59. The van der Waals surface area contributed by atoms with Crippen molar-refractivity contribution >= 4 is 23.2 Å². The zero-order chi connectivity index (χ0) is 19.2. The number of hydrogen-bond donors (Lipinski definition) is 1. The molecular weight excluding hydrogens is 340 g/mol. The van der Waals surface area contributed by atoms with E-state index in [4.69, 9.17) is 4.74 Å². The Labute approximate surface area is 158 Å². The number of methoxy groups -OCH3 is 1. The number of amides is 1. The monoisotopic (exact) mass is 362 g/mol. The Balaban J connectivity index is 1.92. The molecule has 0 fully saturated rings. The number of nitrogens with zero attached hydrogens (tertiary/aromatic N) is 3. The van der Waals surface area contributed by atoms with E-state index in [2.05, 4.69) is 15.3 Å². The minimum atomic E-state index is -0.310. The lowest BCUT2D eigenvalue weighted by atomic mass is 10.2. The Morgan fingerprint density at radius 1 is 1.07 bits per heavy atom. The van der Waals surface area contributed by atoms with Crippen molar-refractivity contribution in [3.8, 4) is 5.75 Å². The van der Waals surface area contributed by atoms with Crippen molar-refractivity contribution in [3.05, 3.63) is 72.1 Å². The van der Waals surface area contributed by atoms with Crippen LogP contribution in [0, 0.1) is 6.92 Å². The highest BCUT2D eigenvalue weighted by atomic mass is 16.5. The van der Waals surface area contributed by atoms with Gasteiger partial charge in [-0.1, -0.05) is 30.3 Å². The summed E-state index contributed by atoms with van der Waals surface area (Å²) in [4.78, 5) is 23.7. The van der Waals surface area contributed by atoms with Crippen molar-refractivity contribution in [2.75, 3.05) is 23.9 Å². The Hall–Kier alpha value is -3.41. The van der Waals surface area contributed by atoms with Crippen molar-refractivity contribution in [3.63, 3.8) is 0 Å². The van der Waals surface area contributed by atoms with Gasteiger partial charge in [0.1, 0.15) is 11.4 Å². The van der Waals surface area contributed by atoms with E-state index in [1.165, 1.54) is 0 Å². The first-order valence-corrected chi connectivity index (χ1v) is 8.75. The fourth-order valence-corrected chi connectivity index (χ4v) is 2.77. The highest BCUT2D eigenvalue weighted by Gasteiger charge is 2.16. The molecule has 138 valence electrons. The highest BCUT2D eigenvalue weighted by Crippen LogP contribution is 2.25. The van der Waals surface area contributed by atoms with Gasteiger partial charge in [0.2, 0.25) is 5.95 Å². The van der Waals surface area contributed by atoms with E-state index >= 15 is 0 Å². The topological polar surface area (TPSA) is 67.4 Å². The maximum Gasteiger partial charge on any atom is 0.274 e. The summed E-state index contributed by atoms with van der Waals surface area (Å²) in [7, 11) is 1.57. The van der Waals surface area contributed by atoms with Gasteiger partial charge in [0.15, 0.2) is 0 Å². The van der Waals surface area contributed by atoms with Crippen molar-refractivity contribution in [2.45, 2.75) is 13.8 Å². The molecule has 1 aromatic heterocycles. The molecule has 27 heavy (non-hydrogen) atoms. The standard InChI is InChI=1S/C21H22N4O2/c1-4-25(16-10-6-5-7-11-16)21-22-15(2)14-18(24-21)20(26)23-17-12-8-9-13-19(17)27-3/h5-14H,4H2,1-3H3,(H,23,26). The molecule has 2 aromatic carbocycles. The lowest BCUT2D eigenvalue weighted by Crippen LogP contribution is -2.22. The Kier molecular flexibility index (Phi) is 5.66. The molecule has 0 unspecified atom stereocenters. The van der Waals surface area contributed by atoms with Crippen LogP contribution >= 0.6 is 0 Å². The summed E-state index contributed by atoms with van der Waals surface area (Å²) in [5.74, 6) is 0.778. The first-order chi connectivity index (χ1) is 13.1. The van der Waals surface area contributed by atoms with Gasteiger partial charge in [-0.3, -0.25) is 4.79 Å². The van der Waals surface area contributed by atoms with Crippen LogP contribution < -0.4 is 15.0 Å². The molecule has 3 rings (SSSR count). The van der Waals surface area contributed by atoms with E-state index in [0.29, 0.717) is 29.6 Å². The summed E-state index contributed by atoms with van der Waals surface area (Å²) >= 11 is 0. The number of aryl methyl sites for hydroxylation is 1. The number of carbonyl (C=O) groups is 1. The highest BCUT2D eigenvalue weighted by molar-refractivity contribution is 6.04. The zero-order valence-electron chi connectivity index (χ0n) is 15.6. The number of para-hydroxylation sites is 3. The van der Waals surface area contributed by atoms with Gasteiger partial charge < -0.3 is 15.0 Å². The molecule has 6 nitrogen and oxygen atoms in total. The second kappa shape index (κ2) is 8.31. The molecule has 1 amide bonds. The number of nitrogens with one attached hydrogen (secondary N) is 1. The molecule has 3 aromatic rings. The van der Waals surface area contributed by atoms with Gasteiger partial charge in [0, 0.05) is 17.9 Å². The largest absolute Gasteiger partial charge is 0.495 e. The predicted octanol–water partition coefficient (Wildman–Crippen LogP) is 4.20. The SMILES string of the molecule is CCN(c1ccccc1)c1nc(C)cc(C(=O)Nc2ccccc2OC)n1. The molecule has 0 bridgehead atoms. The Bertz CT molecular complexity index is 928. The van der Waals surface area contributed by atoms with Crippen LogP contribution in [0.5, 0.6) is 5.75 Å². The molecule has 6 heteroatoms. The van der Waals surface area contributed by atoms with E-state index < -0.39 is 0 Å². The normalized spacial score (nSPS) is 10.3. The van der Waals surface area contributed by atoms with Crippen LogP contribution in [0.3, 0.4) is 0 Å². The van der Waals surface area contributed by atoms with Crippen molar-refractivity contribution < 1.29 is 9.53 Å². The summed E-state index contributed by atoms with van der Waals surface area (Å²) in [5, 5.41) is 2.86.